The molecule has 0 atom stereocenters. The zero-order chi connectivity index (χ0) is 14.5. The standard InChI is InChI=1S/C15H18N2O3/c1-10(2)20-12-7-5-6-11(8-12)13-9-14(18-3)17-15(16-13)19-4/h5-10H,1-4H3. The number of rotatable bonds is 5. The first-order valence-electron chi connectivity index (χ1n) is 6.36. The first kappa shape index (κ1) is 14.1. The van der Waals surface area contributed by atoms with Gasteiger partial charge in [-0.05, 0) is 26.0 Å². The van der Waals surface area contributed by atoms with Gasteiger partial charge in [-0.2, -0.15) is 9.97 Å². The van der Waals surface area contributed by atoms with Gasteiger partial charge in [0, 0.05) is 11.6 Å². The van der Waals surface area contributed by atoms with Gasteiger partial charge < -0.3 is 14.2 Å². The predicted octanol–water partition coefficient (Wildman–Crippen LogP) is 2.95. The second-order valence-corrected chi connectivity index (χ2v) is 4.48. The number of benzene rings is 1. The number of nitrogens with zero attached hydrogens (tertiary/aromatic N) is 2. The van der Waals surface area contributed by atoms with E-state index in [9.17, 15) is 0 Å². The van der Waals surface area contributed by atoms with Gasteiger partial charge in [-0.25, -0.2) is 0 Å². The lowest BCUT2D eigenvalue weighted by Gasteiger charge is -2.11. The Labute approximate surface area is 118 Å². The van der Waals surface area contributed by atoms with Crippen LogP contribution in [0, 0.1) is 0 Å². The highest BCUT2D eigenvalue weighted by atomic mass is 16.5. The maximum atomic E-state index is 5.68. The van der Waals surface area contributed by atoms with Crippen LogP contribution in [0.3, 0.4) is 0 Å². The molecule has 0 saturated carbocycles. The molecule has 1 aromatic heterocycles. The van der Waals surface area contributed by atoms with E-state index in [2.05, 4.69) is 9.97 Å². The summed E-state index contributed by atoms with van der Waals surface area (Å²) < 4.78 is 15.9. The molecule has 20 heavy (non-hydrogen) atoms. The van der Waals surface area contributed by atoms with E-state index in [1.807, 2.05) is 38.1 Å². The summed E-state index contributed by atoms with van der Waals surface area (Å²) in [5, 5.41) is 0. The van der Waals surface area contributed by atoms with Gasteiger partial charge in [0.15, 0.2) is 0 Å². The van der Waals surface area contributed by atoms with Crippen molar-refractivity contribution in [1.82, 2.24) is 9.97 Å². The van der Waals surface area contributed by atoms with Crippen LogP contribution in [0.1, 0.15) is 13.8 Å². The maximum Gasteiger partial charge on any atom is 0.320 e. The van der Waals surface area contributed by atoms with E-state index in [1.54, 1.807) is 13.2 Å². The maximum absolute atomic E-state index is 5.68. The molecule has 0 aliphatic carbocycles. The SMILES string of the molecule is COc1cc(-c2cccc(OC(C)C)c2)nc(OC)n1. The van der Waals surface area contributed by atoms with Crippen LogP contribution in [0.5, 0.6) is 17.6 Å². The average Bonchev–Trinajstić information content (AvgIpc) is 2.46. The molecule has 0 amide bonds. The fourth-order valence-corrected chi connectivity index (χ4v) is 1.75. The minimum absolute atomic E-state index is 0.125. The monoisotopic (exact) mass is 274 g/mol. The Morgan fingerprint density at radius 2 is 1.80 bits per heavy atom. The van der Waals surface area contributed by atoms with Gasteiger partial charge in [-0.1, -0.05) is 12.1 Å². The Morgan fingerprint density at radius 1 is 1.00 bits per heavy atom. The van der Waals surface area contributed by atoms with Crippen molar-refractivity contribution in [3.63, 3.8) is 0 Å². The van der Waals surface area contributed by atoms with E-state index in [-0.39, 0.29) is 12.1 Å². The topological polar surface area (TPSA) is 53.5 Å². The number of hydrogen-bond acceptors (Lipinski definition) is 5. The molecular formula is C15H18N2O3. The van der Waals surface area contributed by atoms with Crippen LogP contribution in [0.4, 0.5) is 0 Å². The first-order chi connectivity index (χ1) is 9.62. The number of ether oxygens (including phenoxy) is 3. The van der Waals surface area contributed by atoms with Crippen LogP contribution in [-0.2, 0) is 0 Å². The fourth-order valence-electron chi connectivity index (χ4n) is 1.75. The molecule has 5 heteroatoms. The Hall–Kier alpha value is -2.30. The van der Waals surface area contributed by atoms with E-state index in [0.29, 0.717) is 5.88 Å². The molecule has 0 aliphatic rings. The summed E-state index contributed by atoms with van der Waals surface area (Å²) in [6.07, 6.45) is 0.125. The third-order valence-electron chi connectivity index (χ3n) is 2.58. The zero-order valence-electron chi connectivity index (χ0n) is 12.1. The highest BCUT2D eigenvalue weighted by molar-refractivity contribution is 5.62. The Kier molecular flexibility index (Phi) is 4.40. The summed E-state index contributed by atoms with van der Waals surface area (Å²) in [7, 11) is 3.08. The van der Waals surface area contributed by atoms with E-state index in [1.165, 1.54) is 7.11 Å². The van der Waals surface area contributed by atoms with Gasteiger partial charge in [0.1, 0.15) is 5.75 Å². The van der Waals surface area contributed by atoms with Crippen LogP contribution in [0.2, 0.25) is 0 Å². The molecule has 2 rings (SSSR count). The third-order valence-corrected chi connectivity index (χ3v) is 2.58. The minimum atomic E-state index is 0.125. The van der Waals surface area contributed by atoms with Gasteiger partial charge in [0.2, 0.25) is 5.88 Å². The van der Waals surface area contributed by atoms with Crippen molar-refractivity contribution in [2.75, 3.05) is 14.2 Å². The van der Waals surface area contributed by atoms with Crippen LogP contribution in [0.15, 0.2) is 30.3 Å². The average molecular weight is 274 g/mol. The van der Waals surface area contributed by atoms with E-state index >= 15 is 0 Å². The van der Waals surface area contributed by atoms with Crippen LogP contribution in [-0.4, -0.2) is 30.3 Å². The van der Waals surface area contributed by atoms with Crippen molar-refractivity contribution < 1.29 is 14.2 Å². The number of aromatic nitrogens is 2. The lowest BCUT2D eigenvalue weighted by Crippen LogP contribution is -2.05. The predicted molar refractivity (Wildman–Crippen MR) is 76.3 cm³/mol. The molecule has 1 aromatic carbocycles. The third kappa shape index (κ3) is 3.38. The summed E-state index contributed by atoms with van der Waals surface area (Å²) in [5.74, 6) is 1.26. The van der Waals surface area contributed by atoms with E-state index in [0.717, 1.165) is 17.0 Å². The van der Waals surface area contributed by atoms with Gasteiger partial charge in [-0.15, -0.1) is 0 Å². The van der Waals surface area contributed by atoms with Crippen molar-refractivity contribution in [1.29, 1.82) is 0 Å². The van der Waals surface area contributed by atoms with Crippen molar-refractivity contribution in [3.05, 3.63) is 30.3 Å². The minimum Gasteiger partial charge on any atom is -0.491 e. The quantitative estimate of drug-likeness (QED) is 0.839. The van der Waals surface area contributed by atoms with Gasteiger partial charge in [-0.3, -0.25) is 0 Å². The molecule has 0 radical (unpaired) electrons. The Balaban J connectivity index is 2.40. The first-order valence-corrected chi connectivity index (χ1v) is 6.36. The highest BCUT2D eigenvalue weighted by Gasteiger charge is 2.08. The van der Waals surface area contributed by atoms with Crippen molar-refractivity contribution in [3.8, 4) is 28.9 Å². The molecule has 0 aliphatic heterocycles. The molecule has 0 unspecified atom stereocenters. The van der Waals surface area contributed by atoms with E-state index in [4.69, 9.17) is 14.2 Å². The van der Waals surface area contributed by atoms with Gasteiger partial charge in [0.25, 0.3) is 0 Å². The molecule has 106 valence electrons. The second kappa shape index (κ2) is 6.23. The molecule has 0 fully saturated rings. The van der Waals surface area contributed by atoms with E-state index < -0.39 is 0 Å². The second-order valence-electron chi connectivity index (χ2n) is 4.48. The molecule has 5 nitrogen and oxygen atoms in total. The van der Waals surface area contributed by atoms with Crippen LogP contribution < -0.4 is 14.2 Å². The Bertz CT molecular complexity index is 563. The molecule has 0 N–H and O–H groups in total. The lowest BCUT2D eigenvalue weighted by molar-refractivity contribution is 0.242. The largest absolute Gasteiger partial charge is 0.491 e. The Morgan fingerprint density at radius 3 is 2.45 bits per heavy atom. The zero-order valence-corrected chi connectivity index (χ0v) is 12.1. The van der Waals surface area contributed by atoms with Gasteiger partial charge >= 0.3 is 6.01 Å². The summed E-state index contributed by atoms with van der Waals surface area (Å²) in [6, 6.07) is 9.76. The van der Waals surface area contributed by atoms with Crippen molar-refractivity contribution in [2.24, 2.45) is 0 Å². The molecule has 0 saturated heterocycles. The number of hydrogen-bond donors (Lipinski definition) is 0. The van der Waals surface area contributed by atoms with Gasteiger partial charge in [0.05, 0.1) is 26.0 Å². The summed E-state index contributed by atoms with van der Waals surface area (Å²) >= 11 is 0. The summed E-state index contributed by atoms with van der Waals surface area (Å²) in [5.41, 5.74) is 1.64. The molecule has 1 heterocycles. The smallest absolute Gasteiger partial charge is 0.320 e. The summed E-state index contributed by atoms with van der Waals surface area (Å²) in [4.78, 5) is 8.40. The highest BCUT2D eigenvalue weighted by Crippen LogP contribution is 2.26. The molecule has 0 spiro atoms. The van der Waals surface area contributed by atoms with Crippen LogP contribution >= 0.6 is 0 Å². The fraction of sp³-hybridized carbons (Fsp3) is 0.333. The number of methoxy groups -OCH3 is 2. The normalized spacial score (nSPS) is 10.4. The van der Waals surface area contributed by atoms with Crippen LogP contribution in [0.25, 0.3) is 11.3 Å². The molecular weight excluding hydrogens is 256 g/mol. The lowest BCUT2D eigenvalue weighted by atomic mass is 10.1. The molecule has 2 aromatic rings. The summed E-state index contributed by atoms with van der Waals surface area (Å²) in [6.45, 7) is 3.98. The van der Waals surface area contributed by atoms with Crippen molar-refractivity contribution in [2.45, 2.75) is 20.0 Å². The molecule has 0 bridgehead atoms. The van der Waals surface area contributed by atoms with Crippen molar-refractivity contribution >= 4 is 0 Å².